The van der Waals surface area contributed by atoms with E-state index in [4.69, 9.17) is 0 Å². The van der Waals surface area contributed by atoms with E-state index in [0.717, 1.165) is 47.5 Å². The summed E-state index contributed by atoms with van der Waals surface area (Å²) in [5, 5.41) is 13.5. The minimum absolute atomic E-state index is 0.0207. The van der Waals surface area contributed by atoms with Crippen LogP contribution in [0.5, 0.6) is 0 Å². The number of aromatic nitrogens is 5. The summed E-state index contributed by atoms with van der Waals surface area (Å²) in [5.74, 6) is 2.18. The van der Waals surface area contributed by atoms with Crippen LogP contribution in [0.25, 0.3) is 16.6 Å². The number of hydrogen-bond acceptors (Lipinski definition) is 4. The Hall–Kier alpha value is -3.19. The number of fused-ring (bicyclic) bond motifs is 1. The van der Waals surface area contributed by atoms with E-state index in [-0.39, 0.29) is 16.5 Å². The molecule has 3 aromatic heterocycles. The van der Waals surface area contributed by atoms with E-state index < -0.39 is 0 Å². The molecule has 37 heavy (non-hydrogen) atoms. The molecule has 3 aliphatic carbocycles. The summed E-state index contributed by atoms with van der Waals surface area (Å²) < 4.78 is 3.91. The van der Waals surface area contributed by atoms with E-state index in [1.165, 1.54) is 43.2 Å². The van der Waals surface area contributed by atoms with Crippen LogP contribution in [-0.2, 0) is 19.0 Å². The van der Waals surface area contributed by atoms with E-state index in [2.05, 4.69) is 70.9 Å². The SMILES string of the molecule is CC1CC(c2cccc(-n3cc(C4CC4)c4cc(CNC5(C)CCC5)[nH]c4c3=O)c2)(c2nncn2C)C1. The van der Waals surface area contributed by atoms with Gasteiger partial charge in [-0.25, -0.2) is 0 Å². The number of H-pyrrole nitrogens is 1. The molecule has 0 saturated heterocycles. The molecule has 2 N–H and O–H groups in total. The lowest BCUT2D eigenvalue weighted by atomic mass is 9.58. The van der Waals surface area contributed by atoms with Gasteiger partial charge in [-0.15, -0.1) is 10.2 Å². The van der Waals surface area contributed by atoms with Gasteiger partial charge in [0.2, 0.25) is 0 Å². The average Bonchev–Trinajstić information content (AvgIpc) is 3.46. The minimum Gasteiger partial charge on any atom is -0.353 e. The first-order chi connectivity index (χ1) is 17.9. The molecule has 0 spiro atoms. The minimum atomic E-state index is -0.156. The van der Waals surface area contributed by atoms with Gasteiger partial charge in [0.1, 0.15) is 17.7 Å². The number of aryl methyl sites for hydroxylation is 1. The van der Waals surface area contributed by atoms with Crippen molar-refractivity contribution in [3.8, 4) is 5.69 Å². The largest absolute Gasteiger partial charge is 0.353 e. The van der Waals surface area contributed by atoms with Gasteiger partial charge >= 0.3 is 0 Å². The molecule has 7 heteroatoms. The van der Waals surface area contributed by atoms with Crippen molar-refractivity contribution in [2.75, 3.05) is 0 Å². The van der Waals surface area contributed by atoms with E-state index in [9.17, 15) is 4.79 Å². The van der Waals surface area contributed by atoms with Crippen LogP contribution in [0, 0.1) is 5.92 Å². The highest BCUT2D eigenvalue weighted by Gasteiger charge is 2.48. The third-order valence-electron chi connectivity index (χ3n) is 9.28. The van der Waals surface area contributed by atoms with Crippen molar-refractivity contribution in [3.63, 3.8) is 0 Å². The maximum atomic E-state index is 13.9. The molecule has 3 aliphatic rings. The van der Waals surface area contributed by atoms with E-state index in [0.29, 0.717) is 11.8 Å². The molecule has 7 rings (SSSR count). The van der Waals surface area contributed by atoms with Crippen LogP contribution in [0.4, 0.5) is 0 Å². The van der Waals surface area contributed by atoms with Gasteiger partial charge in [-0.1, -0.05) is 19.1 Å². The summed E-state index contributed by atoms with van der Waals surface area (Å²) in [7, 11) is 2.02. The second-order valence-electron chi connectivity index (χ2n) is 12.3. The lowest BCUT2D eigenvalue weighted by Crippen LogP contribution is -2.47. The Kier molecular flexibility index (Phi) is 5.06. The molecule has 0 unspecified atom stereocenters. The Balaban J connectivity index is 1.30. The Morgan fingerprint density at radius 1 is 1.19 bits per heavy atom. The first-order valence-corrected chi connectivity index (χ1v) is 13.8. The van der Waals surface area contributed by atoms with Gasteiger partial charge in [-0.3, -0.25) is 9.36 Å². The molecule has 0 atom stereocenters. The van der Waals surface area contributed by atoms with Gasteiger partial charge in [0.15, 0.2) is 0 Å². The maximum Gasteiger partial charge on any atom is 0.279 e. The third-order valence-corrected chi connectivity index (χ3v) is 9.28. The maximum absolute atomic E-state index is 13.9. The molecule has 7 nitrogen and oxygen atoms in total. The Bertz CT molecular complexity index is 1540. The standard InChI is InChI=1S/C30H36N6O/c1-19-14-30(15-19,28-34-32-18-35(28)3)21-6-4-7-23(12-21)36-17-25(20-8-9-20)24-13-22(33-26(24)27(36)37)16-31-29(2)10-5-11-29/h4,6-7,12-13,17-20,31,33H,5,8-11,14-16H2,1-3H3. The Morgan fingerprint density at radius 3 is 2.65 bits per heavy atom. The van der Waals surface area contributed by atoms with Crippen LogP contribution >= 0.6 is 0 Å². The Morgan fingerprint density at radius 2 is 2.00 bits per heavy atom. The fourth-order valence-corrected chi connectivity index (χ4v) is 6.84. The number of pyridine rings is 1. The van der Waals surface area contributed by atoms with Crippen molar-refractivity contribution in [3.05, 3.63) is 75.9 Å². The molecule has 3 fully saturated rings. The van der Waals surface area contributed by atoms with Gasteiger partial charge in [-0.05, 0) is 93.0 Å². The van der Waals surface area contributed by atoms with Crippen LogP contribution in [0.15, 0.2) is 47.7 Å². The van der Waals surface area contributed by atoms with Crippen molar-refractivity contribution in [2.24, 2.45) is 13.0 Å². The van der Waals surface area contributed by atoms with Gasteiger partial charge in [0, 0.05) is 42.1 Å². The molecule has 0 aliphatic heterocycles. The van der Waals surface area contributed by atoms with Crippen molar-refractivity contribution < 1.29 is 0 Å². The second-order valence-corrected chi connectivity index (χ2v) is 12.3. The number of hydrogen-bond donors (Lipinski definition) is 2. The van der Waals surface area contributed by atoms with Crippen LogP contribution < -0.4 is 10.9 Å². The van der Waals surface area contributed by atoms with Gasteiger partial charge in [0.05, 0.1) is 5.41 Å². The molecule has 1 aromatic carbocycles. The van der Waals surface area contributed by atoms with Crippen LogP contribution in [0.2, 0.25) is 0 Å². The van der Waals surface area contributed by atoms with Crippen molar-refractivity contribution in [2.45, 2.75) is 82.2 Å². The molecule has 3 heterocycles. The molecule has 0 amide bonds. The molecular formula is C30H36N6O. The lowest BCUT2D eigenvalue weighted by molar-refractivity contribution is 0.185. The fraction of sp³-hybridized carbons (Fsp3) is 0.500. The van der Waals surface area contributed by atoms with Crippen molar-refractivity contribution in [1.82, 2.24) is 29.6 Å². The average molecular weight is 497 g/mol. The smallest absolute Gasteiger partial charge is 0.279 e. The summed E-state index contributed by atoms with van der Waals surface area (Å²) in [6.07, 6.45) is 12.1. The first kappa shape index (κ1) is 23.0. The topological polar surface area (TPSA) is 80.5 Å². The highest BCUT2D eigenvalue weighted by molar-refractivity contribution is 5.84. The van der Waals surface area contributed by atoms with E-state index in [1.807, 2.05) is 16.2 Å². The third kappa shape index (κ3) is 3.69. The monoisotopic (exact) mass is 496 g/mol. The van der Waals surface area contributed by atoms with Crippen LogP contribution in [-0.4, -0.2) is 29.9 Å². The predicted octanol–water partition coefficient (Wildman–Crippen LogP) is 5.07. The highest BCUT2D eigenvalue weighted by Crippen LogP contribution is 2.51. The normalized spacial score (nSPS) is 24.7. The van der Waals surface area contributed by atoms with E-state index in [1.54, 1.807) is 6.33 Å². The van der Waals surface area contributed by atoms with Crippen LogP contribution in [0.1, 0.15) is 87.4 Å². The molecule has 4 aromatic rings. The number of rotatable bonds is 7. The molecule has 3 saturated carbocycles. The van der Waals surface area contributed by atoms with Crippen molar-refractivity contribution >= 4 is 10.9 Å². The van der Waals surface area contributed by atoms with Gasteiger partial charge in [0.25, 0.3) is 5.56 Å². The Labute approximate surface area is 217 Å². The van der Waals surface area contributed by atoms with Crippen LogP contribution in [0.3, 0.4) is 0 Å². The van der Waals surface area contributed by atoms with Crippen molar-refractivity contribution in [1.29, 1.82) is 0 Å². The molecule has 0 radical (unpaired) electrons. The summed E-state index contributed by atoms with van der Waals surface area (Å²) in [5.41, 5.74) is 5.34. The van der Waals surface area contributed by atoms with Gasteiger partial charge in [-0.2, -0.15) is 0 Å². The van der Waals surface area contributed by atoms with Gasteiger partial charge < -0.3 is 14.9 Å². The molecule has 0 bridgehead atoms. The number of nitrogens with zero attached hydrogens (tertiary/aromatic N) is 4. The second kappa shape index (κ2) is 8.15. The fourth-order valence-electron chi connectivity index (χ4n) is 6.84. The summed E-state index contributed by atoms with van der Waals surface area (Å²) in [6, 6.07) is 10.7. The molecule has 192 valence electrons. The summed E-state index contributed by atoms with van der Waals surface area (Å²) in [4.78, 5) is 17.4. The quantitative estimate of drug-likeness (QED) is 0.374. The zero-order chi connectivity index (χ0) is 25.4. The predicted molar refractivity (Wildman–Crippen MR) is 145 cm³/mol. The summed E-state index contributed by atoms with van der Waals surface area (Å²) >= 11 is 0. The number of aromatic amines is 1. The highest BCUT2D eigenvalue weighted by atomic mass is 16.1. The zero-order valence-electron chi connectivity index (χ0n) is 22.1. The lowest BCUT2D eigenvalue weighted by Gasteiger charge is -2.46. The first-order valence-electron chi connectivity index (χ1n) is 13.8. The number of benzene rings is 1. The zero-order valence-corrected chi connectivity index (χ0v) is 22.1. The number of nitrogens with one attached hydrogen (secondary N) is 2. The summed E-state index contributed by atoms with van der Waals surface area (Å²) in [6.45, 7) is 5.36. The molecular weight excluding hydrogens is 460 g/mol. The van der Waals surface area contributed by atoms with E-state index >= 15 is 0 Å².